The Morgan fingerprint density at radius 2 is 2.05 bits per heavy atom. The van der Waals surface area contributed by atoms with Crippen molar-refractivity contribution in [2.75, 3.05) is 31.2 Å². The van der Waals surface area contributed by atoms with Gasteiger partial charge in [-0.3, -0.25) is 9.69 Å². The molecule has 3 N–H and O–H groups in total. The van der Waals surface area contributed by atoms with Crippen molar-refractivity contribution in [3.05, 3.63) is 23.8 Å². The van der Waals surface area contributed by atoms with Gasteiger partial charge in [0.2, 0.25) is 5.91 Å². The van der Waals surface area contributed by atoms with Crippen LogP contribution in [-0.2, 0) is 4.79 Å². The molecule has 1 aliphatic rings. The number of carbonyl (C=O) groups excluding carboxylic acids is 1. The third kappa shape index (κ3) is 5.05. The van der Waals surface area contributed by atoms with Gasteiger partial charge in [-0.2, -0.15) is 0 Å². The first-order valence-corrected chi connectivity index (χ1v) is 7.89. The van der Waals surface area contributed by atoms with Gasteiger partial charge >= 0.3 is 0 Å². The van der Waals surface area contributed by atoms with Crippen LogP contribution >= 0.6 is 0 Å². The molecule has 0 heterocycles. The van der Waals surface area contributed by atoms with E-state index in [0.717, 1.165) is 23.7 Å². The fourth-order valence-corrected chi connectivity index (χ4v) is 3.04. The topological polar surface area (TPSA) is 58.4 Å². The lowest BCUT2D eigenvalue weighted by molar-refractivity contribution is -0.117. The summed E-state index contributed by atoms with van der Waals surface area (Å²) in [5.41, 5.74) is 8.37. The Morgan fingerprint density at radius 1 is 1.33 bits per heavy atom. The van der Waals surface area contributed by atoms with Crippen LogP contribution in [0.3, 0.4) is 0 Å². The highest BCUT2D eigenvalue weighted by molar-refractivity contribution is 5.92. The Hall–Kier alpha value is -1.55. The van der Waals surface area contributed by atoms with Crippen LogP contribution in [-0.4, -0.2) is 30.9 Å². The van der Waals surface area contributed by atoms with E-state index in [0.29, 0.717) is 12.2 Å². The summed E-state index contributed by atoms with van der Waals surface area (Å²) in [6, 6.07) is 5.63. The van der Waals surface area contributed by atoms with E-state index in [4.69, 9.17) is 5.73 Å². The third-order valence-corrected chi connectivity index (χ3v) is 4.27. The molecule has 1 amide bonds. The SMILES string of the molecule is Cc1ccc(NC(=O)CN(C)CC2CCCCC2)cc1N. The molecule has 0 radical (unpaired) electrons. The molecule has 4 heteroatoms. The Morgan fingerprint density at radius 3 is 2.71 bits per heavy atom. The van der Waals surface area contributed by atoms with Gasteiger partial charge in [0.1, 0.15) is 0 Å². The monoisotopic (exact) mass is 289 g/mol. The number of nitrogen functional groups attached to an aromatic ring is 1. The van der Waals surface area contributed by atoms with Gasteiger partial charge in [0.15, 0.2) is 0 Å². The maximum Gasteiger partial charge on any atom is 0.238 e. The highest BCUT2D eigenvalue weighted by atomic mass is 16.2. The number of nitrogens with one attached hydrogen (secondary N) is 1. The quantitative estimate of drug-likeness (QED) is 0.819. The molecule has 0 unspecified atom stereocenters. The average molecular weight is 289 g/mol. The second-order valence-electron chi connectivity index (χ2n) is 6.32. The van der Waals surface area contributed by atoms with E-state index in [1.165, 1.54) is 32.1 Å². The zero-order valence-electron chi connectivity index (χ0n) is 13.2. The van der Waals surface area contributed by atoms with E-state index in [9.17, 15) is 4.79 Å². The van der Waals surface area contributed by atoms with Gasteiger partial charge in [0, 0.05) is 17.9 Å². The van der Waals surface area contributed by atoms with E-state index in [-0.39, 0.29) is 5.91 Å². The van der Waals surface area contributed by atoms with Crippen LogP contribution in [0.25, 0.3) is 0 Å². The number of benzene rings is 1. The zero-order valence-corrected chi connectivity index (χ0v) is 13.2. The van der Waals surface area contributed by atoms with E-state index in [2.05, 4.69) is 10.2 Å². The number of likely N-dealkylation sites (N-methyl/N-ethyl adjacent to an activating group) is 1. The molecule has 2 rings (SSSR count). The fraction of sp³-hybridized carbons (Fsp3) is 0.588. The van der Waals surface area contributed by atoms with Crippen molar-refractivity contribution in [2.45, 2.75) is 39.0 Å². The van der Waals surface area contributed by atoms with Crippen molar-refractivity contribution in [1.29, 1.82) is 0 Å². The van der Waals surface area contributed by atoms with Crippen molar-refractivity contribution >= 4 is 17.3 Å². The number of anilines is 2. The molecule has 1 aliphatic carbocycles. The first kappa shape index (κ1) is 15.8. The summed E-state index contributed by atoms with van der Waals surface area (Å²) in [7, 11) is 2.03. The number of nitrogens with two attached hydrogens (primary N) is 1. The number of rotatable bonds is 5. The van der Waals surface area contributed by atoms with E-state index >= 15 is 0 Å². The van der Waals surface area contributed by atoms with E-state index in [1.807, 2.05) is 32.2 Å². The predicted molar refractivity (Wildman–Crippen MR) is 88.3 cm³/mol. The first-order chi connectivity index (χ1) is 10.0. The van der Waals surface area contributed by atoms with Crippen LogP contribution < -0.4 is 11.1 Å². The minimum atomic E-state index is 0.0246. The molecule has 116 valence electrons. The number of nitrogens with zero attached hydrogens (tertiary/aromatic N) is 1. The Labute approximate surface area is 127 Å². The van der Waals surface area contributed by atoms with Crippen LogP contribution in [0.1, 0.15) is 37.7 Å². The molecule has 0 saturated heterocycles. The van der Waals surface area contributed by atoms with E-state index < -0.39 is 0 Å². The molecule has 0 aliphatic heterocycles. The van der Waals surface area contributed by atoms with Gasteiger partial charge in [-0.15, -0.1) is 0 Å². The maximum absolute atomic E-state index is 12.1. The smallest absolute Gasteiger partial charge is 0.238 e. The van der Waals surface area contributed by atoms with Gasteiger partial charge in [-0.1, -0.05) is 25.3 Å². The molecule has 1 fully saturated rings. The number of amides is 1. The molecule has 21 heavy (non-hydrogen) atoms. The fourth-order valence-electron chi connectivity index (χ4n) is 3.04. The van der Waals surface area contributed by atoms with Gasteiger partial charge in [-0.25, -0.2) is 0 Å². The first-order valence-electron chi connectivity index (χ1n) is 7.89. The van der Waals surface area contributed by atoms with Crippen molar-refractivity contribution in [3.63, 3.8) is 0 Å². The van der Waals surface area contributed by atoms with Crippen molar-refractivity contribution in [3.8, 4) is 0 Å². The van der Waals surface area contributed by atoms with Crippen LogP contribution in [0, 0.1) is 12.8 Å². The van der Waals surface area contributed by atoms with Crippen LogP contribution in [0.4, 0.5) is 11.4 Å². The number of carbonyl (C=O) groups is 1. The van der Waals surface area contributed by atoms with Crippen LogP contribution in [0.5, 0.6) is 0 Å². The largest absolute Gasteiger partial charge is 0.398 e. The summed E-state index contributed by atoms with van der Waals surface area (Å²) < 4.78 is 0. The van der Waals surface area contributed by atoms with Gasteiger partial charge in [0.05, 0.1) is 6.54 Å². The lowest BCUT2D eigenvalue weighted by Gasteiger charge is -2.26. The lowest BCUT2D eigenvalue weighted by atomic mass is 9.89. The number of hydrogen-bond donors (Lipinski definition) is 2. The maximum atomic E-state index is 12.1. The third-order valence-electron chi connectivity index (χ3n) is 4.27. The highest BCUT2D eigenvalue weighted by Crippen LogP contribution is 2.24. The number of aryl methyl sites for hydroxylation is 1. The van der Waals surface area contributed by atoms with Crippen LogP contribution in [0.2, 0.25) is 0 Å². The van der Waals surface area contributed by atoms with Crippen molar-refractivity contribution < 1.29 is 4.79 Å². The van der Waals surface area contributed by atoms with Crippen molar-refractivity contribution in [2.24, 2.45) is 5.92 Å². The second kappa shape index (κ2) is 7.46. The normalized spacial score (nSPS) is 16.1. The minimum Gasteiger partial charge on any atom is -0.398 e. The molecular weight excluding hydrogens is 262 g/mol. The van der Waals surface area contributed by atoms with Crippen molar-refractivity contribution in [1.82, 2.24) is 4.90 Å². The Balaban J connectivity index is 1.78. The molecule has 1 saturated carbocycles. The summed E-state index contributed by atoms with van der Waals surface area (Å²) in [4.78, 5) is 14.2. The molecule has 0 aromatic heterocycles. The standard InChI is InChI=1S/C17H27N3O/c1-13-8-9-15(10-16(13)18)19-17(21)12-20(2)11-14-6-4-3-5-7-14/h8-10,14H,3-7,11-12,18H2,1-2H3,(H,19,21). The molecule has 1 aromatic carbocycles. The summed E-state index contributed by atoms with van der Waals surface area (Å²) in [6.45, 7) is 3.41. The van der Waals surface area contributed by atoms with Gasteiger partial charge < -0.3 is 11.1 Å². The molecular formula is C17H27N3O. The minimum absolute atomic E-state index is 0.0246. The molecule has 4 nitrogen and oxygen atoms in total. The summed E-state index contributed by atoms with van der Waals surface area (Å²) in [5, 5.41) is 2.92. The number of hydrogen-bond acceptors (Lipinski definition) is 3. The molecule has 0 spiro atoms. The highest BCUT2D eigenvalue weighted by Gasteiger charge is 2.16. The van der Waals surface area contributed by atoms with E-state index in [1.54, 1.807) is 0 Å². The molecule has 0 atom stereocenters. The van der Waals surface area contributed by atoms with Gasteiger partial charge in [0.25, 0.3) is 0 Å². The second-order valence-corrected chi connectivity index (χ2v) is 6.32. The summed E-state index contributed by atoms with van der Waals surface area (Å²) >= 11 is 0. The lowest BCUT2D eigenvalue weighted by Crippen LogP contribution is -2.34. The Kier molecular flexibility index (Phi) is 5.62. The van der Waals surface area contributed by atoms with Crippen LogP contribution in [0.15, 0.2) is 18.2 Å². The molecule has 0 bridgehead atoms. The summed E-state index contributed by atoms with van der Waals surface area (Å²) in [5.74, 6) is 0.781. The van der Waals surface area contributed by atoms with Gasteiger partial charge in [-0.05, 0) is 50.4 Å². The average Bonchev–Trinajstić information content (AvgIpc) is 2.43. The predicted octanol–water partition coefficient (Wildman–Crippen LogP) is 3.03. The Bertz CT molecular complexity index is 481. The molecule has 1 aromatic rings. The zero-order chi connectivity index (χ0) is 15.2. The summed E-state index contributed by atoms with van der Waals surface area (Å²) in [6.07, 6.45) is 6.66.